The maximum absolute atomic E-state index is 11.7. The summed E-state index contributed by atoms with van der Waals surface area (Å²) in [5.74, 6) is 1.53. The first-order chi connectivity index (χ1) is 10.7. The molecule has 0 spiro atoms. The van der Waals surface area contributed by atoms with Crippen LogP contribution in [0.2, 0.25) is 0 Å². The number of nitrogens with zero attached hydrogens (tertiary/aromatic N) is 3. The second-order valence-corrected chi connectivity index (χ2v) is 5.79. The van der Waals surface area contributed by atoms with Crippen LogP contribution in [0.15, 0.2) is 12.3 Å². The van der Waals surface area contributed by atoms with E-state index < -0.39 is 0 Å². The molecule has 2 fully saturated rings. The summed E-state index contributed by atoms with van der Waals surface area (Å²) in [6.45, 7) is 3.69. The lowest BCUT2D eigenvalue weighted by molar-refractivity contribution is 0.0983. The molecule has 1 aromatic rings. The molecule has 1 saturated carbocycles. The van der Waals surface area contributed by atoms with Gasteiger partial charge in [0.15, 0.2) is 0 Å². The first kappa shape index (κ1) is 14.9. The number of nitrogens with one attached hydrogen (secondary N) is 2. The van der Waals surface area contributed by atoms with Crippen molar-refractivity contribution in [3.05, 3.63) is 12.3 Å². The second-order valence-electron chi connectivity index (χ2n) is 5.79. The lowest BCUT2D eigenvalue weighted by atomic mass is 10.1. The summed E-state index contributed by atoms with van der Waals surface area (Å²) in [6.07, 6.45) is 5.76. The van der Waals surface area contributed by atoms with E-state index in [0.717, 1.165) is 31.7 Å². The number of hydrogen-bond donors (Lipinski definition) is 2. The van der Waals surface area contributed by atoms with Crippen LogP contribution in [0.4, 0.5) is 16.6 Å². The molecule has 2 aliphatic rings. The van der Waals surface area contributed by atoms with Crippen LogP contribution in [0, 0.1) is 0 Å². The minimum absolute atomic E-state index is 0.209. The molecule has 1 saturated heterocycles. The smallest absolute Gasteiger partial charge is 0.409 e. The number of rotatable bonds is 5. The van der Waals surface area contributed by atoms with Gasteiger partial charge in [0.05, 0.1) is 6.61 Å². The minimum Gasteiger partial charge on any atom is -0.450 e. The van der Waals surface area contributed by atoms with Crippen molar-refractivity contribution in [1.29, 1.82) is 0 Å². The van der Waals surface area contributed by atoms with Gasteiger partial charge in [-0.25, -0.2) is 9.78 Å². The third kappa shape index (κ3) is 3.99. The summed E-state index contributed by atoms with van der Waals surface area (Å²) < 4.78 is 5.03. The van der Waals surface area contributed by atoms with Crippen molar-refractivity contribution >= 4 is 17.9 Å². The zero-order valence-electron chi connectivity index (χ0n) is 12.9. The highest BCUT2D eigenvalue weighted by Crippen LogP contribution is 2.23. The Hall–Kier alpha value is -2.05. The van der Waals surface area contributed by atoms with Crippen LogP contribution in [0.1, 0.15) is 32.6 Å². The Labute approximate surface area is 130 Å². The Morgan fingerprint density at radius 2 is 2.00 bits per heavy atom. The van der Waals surface area contributed by atoms with Crippen LogP contribution < -0.4 is 10.6 Å². The van der Waals surface area contributed by atoms with Crippen molar-refractivity contribution in [3.8, 4) is 0 Å². The van der Waals surface area contributed by atoms with Crippen molar-refractivity contribution in [2.75, 3.05) is 30.3 Å². The third-order valence-electron chi connectivity index (χ3n) is 3.94. The number of amides is 1. The molecule has 7 heteroatoms. The average molecular weight is 305 g/mol. The molecule has 0 unspecified atom stereocenters. The van der Waals surface area contributed by atoms with Crippen molar-refractivity contribution < 1.29 is 9.53 Å². The minimum atomic E-state index is -0.209. The molecule has 1 aliphatic heterocycles. The number of hydrogen-bond acceptors (Lipinski definition) is 6. The van der Waals surface area contributed by atoms with Crippen molar-refractivity contribution in [2.24, 2.45) is 0 Å². The number of piperidine rings is 1. The Morgan fingerprint density at radius 3 is 2.68 bits per heavy atom. The van der Waals surface area contributed by atoms with Gasteiger partial charge in [-0.1, -0.05) is 0 Å². The van der Waals surface area contributed by atoms with Crippen LogP contribution >= 0.6 is 0 Å². The van der Waals surface area contributed by atoms with Gasteiger partial charge < -0.3 is 20.3 Å². The molecule has 0 radical (unpaired) electrons. The Kier molecular flexibility index (Phi) is 4.60. The van der Waals surface area contributed by atoms with Crippen LogP contribution in [-0.4, -0.2) is 52.7 Å². The lowest BCUT2D eigenvalue weighted by Gasteiger charge is -2.31. The molecular formula is C15H23N5O2. The maximum Gasteiger partial charge on any atom is 0.409 e. The van der Waals surface area contributed by atoms with E-state index in [1.807, 2.05) is 13.0 Å². The molecule has 2 heterocycles. The summed E-state index contributed by atoms with van der Waals surface area (Å²) in [4.78, 5) is 22.2. The highest BCUT2D eigenvalue weighted by atomic mass is 16.6. The summed E-state index contributed by atoms with van der Waals surface area (Å²) in [5.41, 5.74) is 0. The number of aromatic nitrogens is 2. The fourth-order valence-electron chi connectivity index (χ4n) is 2.55. The topological polar surface area (TPSA) is 79.4 Å². The lowest BCUT2D eigenvalue weighted by Crippen LogP contribution is -2.42. The first-order valence-corrected chi connectivity index (χ1v) is 8.02. The van der Waals surface area contributed by atoms with Crippen molar-refractivity contribution in [3.63, 3.8) is 0 Å². The van der Waals surface area contributed by atoms with Gasteiger partial charge in [0.25, 0.3) is 0 Å². The molecule has 22 heavy (non-hydrogen) atoms. The molecule has 0 aromatic carbocycles. The van der Waals surface area contributed by atoms with E-state index in [9.17, 15) is 4.79 Å². The number of carbonyl (C=O) groups excluding carboxylic acids is 1. The molecular weight excluding hydrogens is 282 g/mol. The maximum atomic E-state index is 11.7. The highest BCUT2D eigenvalue weighted by molar-refractivity contribution is 5.67. The van der Waals surface area contributed by atoms with Gasteiger partial charge in [-0.3, -0.25) is 0 Å². The van der Waals surface area contributed by atoms with E-state index in [1.54, 1.807) is 11.1 Å². The van der Waals surface area contributed by atoms with E-state index in [4.69, 9.17) is 4.74 Å². The van der Waals surface area contributed by atoms with Crippen molar-refractivity contribution in [2.45, 2.75) is 44.7 Å². The molecule has 0 bridgehead atoms. The predicted molar refractivity (Wildman–Crippen MR) is 83.9 cm³/mol. The van der Waals surface area contributed by atoms with Gasteiger partial charge in [0.1, 0.15) is 5.82 Å². The van der Waals surface area contributed by atoms with Crippen LogP contribution in [0.5, 0.6) is 0 Å². The van der Waals surface area contributed by atoms with Gasteiger partial charge in [0, 0.05) is 31.4 Å². The van der Waals surface area contributed by atoms with E-state index in [0.29, 0.717) is 24.6 Å². The van der Waals surface area contributed by atoms with E-state index in [2.05, 4.69) is 20.6 Å². The van der Waals surface area contributed by atoms with E-state index >= 15 is 0 Å². The standard InChI is InChI=1S/C15H23N5O2/c1-2-22-15(21)20-9-6-12(7-10-20)17-13-5-8-16-14(19-13)18-11-3-4-11/h5,8,11-12H,2-4,6-7,9-10H2,1H3,(H2,16,17,18,19). The molecule has 2 N–H and O–H groups in total. The summed E-state index contributed by atoms with van der Waals surface area (Å²) in [7, 11) is 0. The van der Waals surface area contributed by atoms with Gasteiger partial charge in [0.2, 0.25) is 5.95 Å². The molecule has 0 atom stereocenters. The van der Waals surface area contributed by atoms with E-state index in [-0.39, 0.29) is 6.09 Å². The summed E-state index contributed by atoms with van der Waals surface area (Å²) in [5, 5.41) is 6.73. The zero-order valence-corrected chi connectivity index (χ0v) is 12.9. The molecule has 120 valence electrons. The van der Waals surface area contributed by atoms with Gasteiger partial charge in [-0.2, -0.15) is 4.98 Å². The third-order valence-corrected chi connectivity index (χ3v) is 3.94. The summed E-state index contributed by atoms with van der Waals surface area (Å²) >= 11 is 0. The Bertz CT molecular complexity index is 512. The summed E-state index contributed by atoms with van der Waals surface area (Å²) in [6, 6.07) is 2.76. The van der Waals surface area contributed by atoms with Gasteiger partial charge >= 0.3 is 6.09 Å². The normalized spacial score (nSPS) is 18.9. The number of anilines is 2. The zero-order chi connectivity index (χ0) is 15.4. The fourth-order valence-corrected chi connectivity index (χ4v) is 2.55. The molecule has 1 amide bonds. The molecule has 7 nitrogen and oxygen atoms in total. The molecule has 1 aliphatic carbocycles. The highest BCUT2D eigenvalue weighted by Gasteiger charge is 2.24. The van der Waals surface area contributed by atoms with Gasteiger partial charge in [-0.05, 0) is 38.7 Å². The van der Waals surface area contributed by atoms with Crippen LogP contribution in [0.25, 0.3) is 0 Å². The number of likely N-dealkylation sites (tertiary alicyclic amines) is 1. The number of ether oxygens (including phenoxy) is 1. The largest absolute Gasteiger partial charge is 0.450 e. The van der Waals surface area contributed by atoms with Crippen LogP contribution in [0.3, 0.4) is 0 Å². The molecule has 3 rings (SSSR count). The van der Waals surface area contributed by atoms with Crippen LogP contribution in [-0.2, 0) is 4.74 Å². The quantitative estimate of drug-likeness (QED) is 0.867. The Balaban J connectivity index is 1.48. The number of carbonyl (C=O) groups is 1. The van der Waals surface area contributed by atoms with Gasteiger partial charge in [-0.15, -0.1) is 0 Å². The monoisotopic (exact) mass is 305 g/mol. The van der Waals surface area contributed by atoms with Crippen molar-refractivity contribution in [1.82, 2.24) is 14.9 Å². The first-order valence-electron chi connectivity index (χ1n) is 8.02. The second kappa shape index (κ2) is 6.81. The van der Waals surface area contributed by atoms with E-state index in [1.165, 1.54) is 12.8 Å². The fraction of sp³-hybridized carbons (Fsp3) is 0.667. The Morgan fingerprint density at radius 1 is 1.27 bits per heavy atom. The SMILES string of the molecule is CCOC(=O)N1CCC(Nc2ccnc(NC3CC3)n2)CC1. The molecule has 1 aromatic heterocycles. The average Bonchev–Trinajstić information content (AvgIpc) is 3.32. The predicted octanol–water partition coefficient (Wildman–Crippen LogP) is 2.08.